The number of aliphatic hydroxyl groups is 1. The Hall–Kier alpha value is -1.53. The summed E-state index contributed by atoms with van der Waals surface area (Å²) in [7, 11) is 4.16. The fourth-order valence-corrected chi connectivity index (χ4v) is 3.44. The van der Waals surface area contributed by atoms with Crippen molar-refractivity contribution in [2.24, 2.45) is 5.92 Å². The number of urea groups is 1. The Morgan fingerprint density at radius 3 is 2.91 bits per heavy atom. The summed E-state index contributed by atoms with van der Waals surface area (Å²) in [5.41, 5.74) is 0.0225. The van der Waals surface area contributed by atoms with Crippen LogP contribution in [0.4, 0.5) is 4.79 Å². The summed E-state index contributed by atoms with van der Waals surface area (Å²) in [6, 6.07) is 3.15. The lowest BCUT2D eigenvalue weighted by Gasteiger charge is -2.45. The molecule has 6 heteroatoms. The van der Waals surface area contributed by atoms with Crippen molar-refractivity contribution in [3.63, 3.8) is 0 Å². The van der Waals surface area contributed by atoms with E-state index >= 15 is 0 Å². The number of rotatable bonds is 6. The van der Waals surface area contributed by atoms with Gasteiger partial charge in [0.1, 0.15) is 11.9 Å². The number of carbonyl (C=O) groups is 1. The number of likely N-dealkylation sites (N-methyl/N-ethyl adjacent to an activating group) is 1. The second kappa shape index (κ2) is 7.84. The average molecular weight is 323 g/mol. The number of aliphatic hydroxyl groups excluding tert-OH is 1. The third kappa shape index (κ3) is 4.72. The maximum atomic E-state index is 12.0. The van der Waals surface area contributed by atoms with Crippen LogP contribution in [0.3, 0.4) is 0 Å². The van der Waals surface area contributed by atoms with Crippen LogP contribution in [0.25, 0.3) is 0 Å². The van der Waals surface area contributed by atoms with E-state index in [9.17, 15) is 9.90 Å². The van der Waals surface area contributed by atoms with Gasteiger partial charge in [-0.2, -0.15) is 0 Å². The third-order valence-electron chi connectivity index (χ3n) is 4.92. The van der Waals surface area contributed by atoms with Gasteiger partial charge < -0.3 is 25.1 Å². The number of nitrogens with zero attached hydrogens (tertiary/aromatic N) is 1. The van der Waals surface area contributed by atoms with Gasteiger partial charge in [-0.15, -0.1) is 0 Å². The largest absolute Gasteiger partial charge is 0.467 e. The molecular formula is C17H29N3O3. The van der Waals surface area contributed by atoms with E-state index in [-0.39, 0.29) is 18.1 Å². The molecule has 0 saturated heterocycles. The van der Waals surface area contributed by atoms with E-state index in [1.165, 1.54) is 19.1 Å². The number of amides is 2. The lowest BCUT2D eigenvalue weighted by Crippen LogP contribution is -2.56. The second-order valence-corrected chi connectivity index (χ2v) is 6.92. The van der Waals surface area contributed by atoms with E-state index in [2.05, 4.69) is 36.6 Å². The molecule has 0 spiro atoms. The van der Waals surface area contributed by atoms with Gasteiger partial charge in [-0.05, 0) is 45.0 Å². The van der Waals surface area contributed by atoms with Gasteiger partial charge in [0, 0.05) is 12.1 Å². The summed E-state index contributed by atoms with van der Waals surface area (Å²) in [6.07, 6.45) is 5.32. The molecule has 1 heterocycles. The van der Waals surface area contributed by atoms with Crippen LogP contribution in [0.2, 0.25) is 0 Å². The van der Waals surface area contributed by atoms with Crippen molar-refractivity contribution in [2.75, 3.05) is 27.2 Å². The van der Waals surface area contributed by atoms with Crippen molar-refractivity contribution in [2.45, 2.75) is 44.2 Å². The molecule has 0 radical (unpaired) electrons. The quantitative estimate of drug-likeness (QED) is 0.749. The normalized spacial score (nSPS) is 26.0. The molecular weight excluding hydrogens is 294 g/mol. The zero-order valence-corrected chi connectivity index (χ0v) is 14.3. The number of hydrogen-bond donors (Lipinski definition) is 3. The average Bonchev–Trinajstić information content (AvgIpc) is 3.05. The molecule has 23 heavy (non-hydrogen) atoms. The highest BCUT2D eigenvalue weighted by atomic mass is 16.4. The van der Waals surface area contributed by atoms with E-state index < -0.39 is 6.10 Å². The smallest absolute Gasteiger partial charge is 0.314 e. The topological polar surface area (TPSA) is 77.7 Å². The van der Waals surface area contributed by atoms with Crippen molar-refractivity contribution in [1.29, 1.82) is 0 Å². The minimum absolute atomic E-state index is 0.0225. The molecule has 1 aromatic rings. The summed E-state index contributed by atoms with van der Waals surface area (Å²) in [5, 5.41) is 15.6. The Kier molecular flexibility index (Phi) is 6.07. The van der Waals surface area contributed by atoms with Gasteiger partial charge in [0.25, 0.3) is 0 Å². The number of carbonyl (C=O) groups excluding carboxylic acids is 1. The molecule has 1 fully saturated rings. The van der Waals surface area contributed by atoms with Gasteiger partial charge in [-0.3, -0.25) is 0 Å². The van der Waals surface area contributed by atoms with Crippen LogP contribution >= 0.6 is 0 Å². The van der Waals surface area contributed by atoms with Crippen LogP contribution < -0.4 is 10.6 Å². The summed E-state index contributed by atoms with van der Waals surface area (Å²) in [6.45, 7) is 3.02. The highest BCUT2D eigenvalue weighted by Gasteiger charge is 2.37. The summed E-state index contributed by atoms with van der Waals surface area (Å²) in [5.74, 6) is 1.13. The molecule has 3 atom stereocenters. The molecule has 130 valence electrons. The molecule has 1 aliphatic carbocycles. The number of hydrogen-bond acceptors (Lipinski definition) is 4. The van der Waals surface area contributed by atoms with Crippen LogP contribution in [-0.2, 0) is 0 Å². The first-order chi connectivity index (χ1) is 10.9. The van der Waals surface area contributed by atoms with Crippen molar-refractivity contribution in [3.05, 3.63) is 24.2 Å². The van der Waals surface area contributed by atoms with Crippen molar-refractivity contribution < 1.29 is 14.3 Å². The first-order valence-corrected chi connectivity index (χ1v) is 8.33. The van der Waals surface area contributed by atoms with Gasteiger partial charge in [-0.1, -0.05) is 19.8 Å². The monoisotopic (exact) mass is 323 g/mol. The molecule has 3 unspecified atom stereocenters. The second-order valence-electron chi connectivity index (χ2n) is 6.92. The van der Waals surface area contributed by atoms with Crippen molar-refractivity contribution in [1.82, 2.24) is 15.5 Å². The molecule has 1 aromatic heterocycles. The molecule has 0 aliphatic heterocycles. The first-order valence-electron chi connectivity index (χ1n) is 8.33. The molecule has 0 bridgehead atoms. The van der Waals surface area contributed by atoms with Crippen LogP contribution in [0.1, 0.15) is 44.5 Å². The fraction of sp³-hybridized carbons (Fsp3) is 0.706. The predicted octanol–water partition coefficient (Wildman–Crippen LogP) is 2.12. The highest BCUT2D eigenvalue weighted by Crippen LogP contribution is 2.35. The summed E-state index contributed by atoms with van der Waals surface area (Å²) in [4.78, 5) is 14.3. The fourth-order valence-electron chi connectivity index (χ4n) is 3.44. The van der Waals surface area contributed by atoms with Crippen molar-refractivity contribution in [3.8, 4) is 0 Å². The molecule has 3 N–H and O–H groups in total. The molecule has 0 aromatic carbocycles. The lowest BCUT2D eigenvalue weighted by atomic mass is 9.75. The molecule has 1 aliphatic rings. The summed E-state index contributed by atoms with van der Waals surface area (Å²) < 4.78 is 5.11. The summed E-state index contributed by atoms with van der Waals surface area (Å²) >= 11 is 0. The lowest BCUT2D eigenvalue weighted by molar-refractivity contribution is 0.0770. The third-order valence-corrected chi connectivity index (χ3v) is 4.92. The van der Waals surface area contributed by atoms with Crippen molar-refractivity contribution >= 4 is 6.03 Å². The van der Waals surface area contributed by atoms with E-state index in [1.807, 2.05) is 0 Å². The van der Waals surface area contributed by atoms with Crippen LogP contribution in [0.5, 0.6) is 0 Å². The Labute approximate surface area is 138 Å². The molecule has 1 saturated carbocycles. The predicted molar refractivity (Wildman–Crippen MR) is 89.1 cm³/mol. The molecule has 2 rings (SSSR count). The Morgan fingerprint density at radius 2 is 2.30 bits per heavy atom. The zero-order chi connectivity index (χ0) is 16.9. The van der Waals surface area contributed by atoms with Gasteiger partial charge in [0.15, 0.2) is 0 Å². The Morgan fingerprint density at radius 1 is 1.52 bits per heavy atom. The maximum Gasteiger partial charge on any atom is 0.314 e. The minimum Gasteiger partial charge on any atom is -0.467 e. The van der Waals surface area contributed by atoms with Gasteiger partial charge in [-0.25, -0.2) is 4.79 Å². The van der Waals surface area contributed by atoms with Gasteiger partial charge in [0.2, 0.25) is 0 Å². The van der Waals surface area contributed by atoms with E-state index in [0.29, 0.717) is 18.2 Å². The van der Waals surface area contributed by atoms with Crippen LogP contribution in [-0.4, -0.2) is 48.8 Å². The first kappa shape index (κ1) is 17.8. The Balaban J connectivity index is 1.80. The standard InChI is InChI=1S/C17H29N3O3/c1-13-6-4-8-17(10-13,20(2)3)12-19-16(22)18-11-14(21)15-7-5-9-23-15/h5,7,9,13-14,21H,4,6,8,10-12H2,1-3H3,(H2,18,19,22). The molecule has 6 nitrogen and oxygen atoms in total. The van der Waals surface area contributed by atoms with Gasteiger partial charge >= 0.3 is 6.03 Å². The van der Waals surface area contributed by atoms with Gasteiger partial charge in [0.05, 0.1) is 12.8 Å². The highest BCUT2D eigenvalue weighted by molar-refractivity contribution is 5.73. The maximum absolute atomic E-state index is 12.0. The SMILES string of the molecule is CC1CCCC(CNC(=O)NCC(O)c2ccco2)(N(C)C)C1. The minimum atomic E-state index is -0.826. The van der Waals surface area contributed by atoms with Crippen LogP contribution in [0.15, 0.2) is 22.8 Å². The zero-order valence-electron chi connectivity index (χ0n) is 14.3. The van der Waals surface area contributed by atoms with E-state index in [1.54, 1.807) is 12.1 Å². The number of furan rings is 1. The molecule has 2 amide bonds. The van der Waals surface area contributed by atoms with Crippen LogP contribution in [0, 0.1) is 5.92 Å². The van der Waals surface area contributed by atoms with E-state index in [0.717, 1.165) is 12.8 Å². The van der Waals surface area contributed by atoms with E-state index in [4.69, 9.17) is 4.42 Å². The Bertz CT molecular complexity index is 489. The number of nitrogens with one attached hydrogen (secondary N) is 2.